The van der Waals surface area contributed by atoms with E-state index in [1.54, 1.807) is 18.2 Å². The number of carbonyl (C=O) groups excluding carboxylic acids is 1. The number of halogens is 2. The third-order valence-electron chi connectivity index (χ3n) is 3.22. The molecule has 110 valence electrons. The van der Waals surface area contributed by atoms with E-state index in [-0.39, 0.29) is 24.1 Å². The molecule has 0 N–H and O–H groups in total. The number of hydrogen-bond donors (Lipinski definition) is 0. The Bertz CT molecular complexity index is 637. The summed E-state index contributed by atoms with van der Waals surface area (Å²) in [6.07, 6.45) is 0. The lowest BCUT2D eigenvalue weighted by atomic mass is 10.1. The third-order valence-corrected chi connectivity index (χ3v) is 3.45. The number of carbonyl (C=O) groups is 1. The number of aryl methyl sites for hydroxylation is 2. The lowest BCUT2D eigenvalue weighted by Gasteiger charge is -2.23. The molecule has 0 aliphatic carbocycles. The third kappa shape index (κ3) is 3.82. The molecule has 0 aromatic heterocycles. The number of nitrogens with zero attached hydrogens (tertiary/aromatic N) is 1. The van der Waals surface area contributed by atoms with Gasteiger partial charge < -0.3 is 4.90 Å². The first-order valence-corrected chi connectivity index (χ1v) is 7.22. The molecular weight excluding hydrogens is 289 g/mol. The Kier molecular flexibility index (Phi) is 4.97. The van der Waals surface area contributed by atoms with Crippen LogP contribution in [0.1, 0.15) is 16.7 Å². The van der Waals surface area contributed by atoms with E-state index in [2.05, 4.69) is 0 Å². The van der Waals surface area contributed by atoms with E-state index in [9.17, 15) is 9.18 Å². The van der Waals surface area contributed by atoms with Crippen LogP contribution in [0, 0.1) is 19.7 Å². The molecule has 2 aromatic rings. The molecule has 0 radical (unpaired) electrons. The Morgan fingerprint density at radius 1 is 1.14 bits per heavy atom. The predicted octanol–water partition coefficient (Wildman–Crippen LogP) is 4.21. The van der Waals surface area contributed by atoms with Gasteiger partial charge in [-0.1, -0.05) is 24.3 Å². The standard InChI is InChI=1S/C17H17ClFNO/c1-12-7-13(2)9-15(8-12)20(17(21)10-18)11-14-5-3-4-6-16(14)19/h3-9H,10-11H2,1-2H3. The first-order valence-electron chi connectivity index (χ1n) is 6.69. The minimum Gasteiger partial charge on any atom is -0.307 e. The van der Waals surface area contributed by atoms with Gasteiger partial charge in [-0.3, -0.25) is 4.79 Å². The zero-order valence-corrected chi connectivity index (χ0v) is 12.8. The molecule has 0 fully saturated rings. The summed E-state index contributed by atoms with van der Waals surface area (Å²) in [5, 5.41) is 0. The highest BCUT2D eigenvalue weighted by atomic mass is 35.5. The van der Waals surface area contributed by atoms with E-state index in [1.165, 1.54) is 11.0 Å². The number of anilines is 1. The SMILES string of the molecule is Cc1cc(C)cc(N(Cc2ccccc2F)C(=O)CCl)c1. The van der Waals surface area contributed by atoms with E-state index in [0.717, 1.165) is 16.8 Å². The summed E-state index contributed by atoms with van der Waals surface area (Å²) in [6, 6.07) is 12.3. The maximum absolute atomic E-state index is 13.8. The highest BCUT2D eigenvalue weighted by Gasteiger charge is 2.17. The van der Waals surface area contributed by atoms with Gasteiger partial charge in [-0.05, 0) is 43.2 Å². The second-order valence-corrected chi connectivity index (χ2v) is 5.32. The van der Waals surface area contributed by atoms with Crippen LogP contribution in [0.5, 0.6) is 0 Å². The topological polar surface area (TPSA) is 20.3 Å². The molecule has 4 heteroatoms. The first kappa shape index (κ1) is 15.5. The van der Waals surface area contributed by atoms with Gasteiger partial charge in [-0.25, -0.2) is 4.39 Å². The second-order valence-electron chi connectivity index (χ2n) is 5.05. The summed E-state index contributed by atoms with van der Waals surface area (Å²) in [6.45, 7) is 4.09. The minimum atomic E-state index is -0.325. The summed E-state index contributed by atoms with van der Waals surface area (Å²) >= 11 is 5.70. The van der Waals surface area contributed by atoms with Crippen molar-refractivity contribution >= 4 is 23.2 Å². The molecule has 1 amide bonds. The van der Waals surface area contributed by atoms with E-state index in [4.69, 9.17) is 11.6 Å². The van der Waals surface area contributed by atoms with E-state index >= 15 is 0 Å². The number of hydrogen-bond acceptors (Lipinski definition) is 1. The molecule has 0 atom stereocenters. The van der Waals surface area contributed by atoms with Crippen LogP contribution in [-0.2, 0) is 11.3 Å². The summed E-state index contributed by atoms with van der Waals surface area (Å²) in [7, 11) is 0. The van der Waals surface area contributed by atoms with Crippen LogP contribution in [0.25, 0.3) is 0 Å². The molecule has 2 aromatic carbocycles. The second kappa shape index (κ2) is 6.72. The number of rotatable bonds is 4. The fourth-order valence-corrected chi connectivity index (χ4v) is 2.44. The summed E-state index contributed by atoms with van der Waals surface area (Å²) in [4.78, 5) is 13.6. The van der Waals surface area contributed by atoms with Gasteiger partial charge in [0.15, 0.2) is 0 Å². The highest BCUT2D eigenvalue weighted by molar-refractivity contribution is 6.29. The highest BCUT2D eigenvalue weighted by Crippen LogP contribution is 2.22. The van der Waals surface area contributed by atoms with Gasteiger partial charge in [0.1, 0.15) is 11.7 Å². The molecule has 0 bridgehead atoms. The fraction of sp³-hybridized carbons (Fsp3) is 0.235. The fourth-order valence-electron chi connectivity index (χ4n) is 2.30. The largest absolute Gasteiger partial charge is 0.307 e. The summed E-state index contributed by atoms with van der Waals surface area (Å²) in [5.74, 6) is -0.708. The van der Waals surface area contributed by atoms with Crippen LogP contribution < -0.4 is 4.90 Å². The Labute approximate surface area is 129 Å². The lowest BCUT2D eigenvalue weighted by Crippen LogP contribution is -2.31. The predicted molar refractivity (Wildman–Crippen MR) is 84.2 cm³/mol. The van der Waals surface area contributed by atoms with Crippen molar-refractivity contribution < 1.29 is 9.18 Å². The van der Waals surface area contributed by atoms with Crippen molar-refractivity contribution in [3.8, 4) is 0 Å². The summed E-state index contributed by atoms with van der Waals surface area (Å²) in [5.41, 5.74) is 3.30. The Morgan fingerprint density at radius 2 is 1.76 bits per heavy atom. The zero-order valence-electron chi connectivity index (χ0n) is 12.1. The number of alkyl halides is 1. The van der Waals surface area contributed by atoms with Crippen molar-refractivity contribution in [2.45, 2.75) is 20.4 Å². The van der Waals surface area contributed by atoms with Crippen LogP contribution in [0.2, 0.25) is 0 Å². The van der Waals surface area contributed by atoms with Crippen molar-refractivity contribution in [1.82, 2.24) is 0 Å². The van der Waals surface area contributed by atoms with Gasteiger partial charge in [-0.2, -0.15) is 0 Å². The van der Waals surface area contributed by atoms with Crippen molar-refractivity contribution in [2.24, 2.45) is 0 Å². The average molecular weight is 306 g/mol. The van der Waals surface area contributed by atoms with Crippen LogP contribution in [0.15, 0.2) is 42.5 Å². The lowest BCUT2D eigenvalue weighted by molar-refractivity contribution is -0.116. The van der Waals surface area contributed by atoms with Crippen molar-refractivity contribution in [3.63, 3.8) is 0 Å². The Morgan fingerprint density at radius 3 is 2.33 bits per heavy atom. The molecular formula is C17H17ClFNO. The van der Waals surface area contributed by atoms with Crippen LogP contribution in [0.3, 0.4) is 0 Å². The number of benzene rings is 2. The van der Waals surface area contributed by atoms with Crippen LogP contribution in [-0.4, -0.2) is 11.8 Å². The maximum atomic E-state index is 13.8. The van der Waals surface area contributed by atoms with Gasteiger partial charge in [-0.15, -0.1) is 11.6 Å². The molecule has 0 saturated heterocycles. The van der Waals surface area contributed by atoms with Crippen LogP contribution >= 0.6 is 11.6 Å². The molecule has 0 heterocycles. The first-order chi connectivity index (χ1) is 10.0. The zero-order chi connectivity index (χ0) is 15.4. The molecule has 0 saturated carbocycles. The minimum absolute atomic E-state index is 0.137. The quantitative estimate of drug-likeness (QED) is 0.775. The van der Waals surface area contributed by atoms with Gasteiger partial charge >= 0.3 is 0 Å². The van der Waals surface area contributed by atoms with E-state index < -0.39 is 0 Å². The molecule has 0 unspecified atom stereocenters. The molecule has 21 heavy (non-hydrogen) atoms. The average Bonchev–Trinajstić information content (AvgIpc) is 2.44. The maximum Gasteiger partial charge on any atom is 0.242 e. The normalized spacial score (nSPS) is 10.5. The molecule has 0 spiro atoms. The molecule has 0 aliphatic rings. The molecule has 2 nitrogen and oxygen atoms in total. The monoisotopic (exact) mass is 305 g/mol. The van der Waals surface area contributed by atoms with Crippen molar-refractivity contribution in [2.75, 3.05) is 10.8 Å². The van der Waals surface area contributed by atoms with E-state index in [1.807, 2.05) is 32.0 Å². The van der Waals surface area contributed by atoms with Gasteiger partial charge in [0.05, 0.1) is 6.54 Å². The van der Waals surface area contributed by atoms with Crippen molar-refractivity contribution in [3.05, 3.63) is 65.0 Å². The van der Waals surface area contributed by atoms with Gasteiger partial charge in [0.2, 0.25) is 5.91 Å². The molecule has 0 aliphatic heterocycles. The van der Waals surface area contributed by atoms with Gasteiger partial charge in [0, 0.05) is 11.3 Å². The van der Waals surface area contributed by atoms with E-state index in [0.29, 0.717) is 5.56 Å². The summed E-state index contributed by atoms with van der Waals surface area (Å²) < 4.78 is 13.8. The smallest absolute Gasteiger partial charge is 0.242 e. The van der Waals surface area contributed by atoms with Crippen LogP contribution in [0.4, 0.5) is 10.1 Å². The van der Waals surface area contributed by atoms with Crippen molar-refractivity contribution in [1.29, 1.82) is 0 Å². The Hall–Kier alpha value is -1.87. The number of amides is 1. The van der Waals surface area contributed by atoms with Gasteiger partial charge in [0.25, 0.3) is 0 Å². The Balaban J connectivity index is 2.39. The molecule has 2 rings (SSSR count).